The Morgan fingerprint density at radius 2 is 1.81 bits per heavy atom. The minimum atomic E-state index is -1.09. The number of hydrogen-bond donors (Lipinski definition) is 1. The molecule has 0 bridgehead atoms. The molecule has 0 radical (unpaired) electrons. The number of aliphatic hydroxyl groups excluding tert-OH is 1. The Morgan fingerprint density at radius 3 is 2.31 bits per heavy atom. The largest absolute Gasteiger partial charge is 0.386 e. The quantitative estimate of drug-likeness (QED) is 0.860. The van der Waals surface area contributed by atoms with Gasteiger partial charge in [-0.2, -0.15) is 0 Å². The molecule has 1 N–H and O–H groups in total. The van der Waals surface area contributed by atoms with Crippen LogP contribution >= 0.6 is 0 Å². The second-order valence-corrected chi connectivity index (χ2v) is 4.62. The van der Waals surface area contributed by atoms with Gasteiger partial charge in [-0.05, 0) is 46.1 Å². The highest BCUT2D eigenvalue weighted by Gasteiger charge is 2.33. The molecule has 1 aromatic rings. The third-order valence-corrected chi connectivity index (χ3v) is 3.07. The average Bonchev–Trinajstić information content (AvgIpc) is 2.20. The number of likely N-dealkylation sites (N-methyl/N-ethyl adjacent to an activating group) is 1. The van der Waals surface area contributed by atoms with E-state index in [2.05, 4.69) is 0 Å². The van der Waals surface area contributed by atoms with E-state index in [1.54, 1.807) is 32.8 Å². The summed E-state index contributed by atoms with van der Waals surface area (Å²) in [6.07, 6.45) is -1.09. The van der Waals surface area contributed by atoms with Crippen molar-refractivity contribution >= 4 is 0 Å². The molecule has 1 rings (SSSR count). The lowest BCUT2D eigenvalue weighted by molar-refractivity contribution is 0.0140. The molecule has 0 aliphatic carbocycles. The fourth-order valence-electron chi connectivity index (χ4n) is 1.35. The van der Waals surface area contributed by atoms with Crippen molar-refractivity contribution in [2.45, 2.75) is 25.5 Å². The SMILES string of the molecule is CN(C)C(C)(C)C(O)c1cc(F)ccc1F. The second kappa shape index (κ2) is 4.47. The molecule has 90 valence electrons. The molecule has 0 aliphatic heterocycles. The van der Waals surface area contributed by atoms with Gasteiger partial charge < -0.3 is 10.0 Å². The first-order valence-electron chi connectivity index (χ1n) is 5.07. The predicted octanol–water partition coefficient (Wildman–Crippen LogP) is 2.34. The van der Waals surface area contributed by atoms with Crippen molar-refractivity contribution in [3.63, 3.8) is 0 Å². The van der Waals surface area contributed by atoms with E-state index in [1.807, 2.05) is 0 Å². The lowest BCUT2D eigenvalue weighted by atomic mass is 9.90. The van der Waals surface area contributed by atoms with Crippen LogP contribution in [0.15, 0.2) is 18.2 Å². The number of halogens is 2. The van der Waals surface area contributed by atoms with Crippen LogP contribution < -0.4 is 0 Å². The summed E-state index contributed by atoms with van der Waals surface area (Å²) < 4.78 is 26.5. The summed E-state index contributed by atoms with van der Waals surface area (Å²) in [6, 6.07) is 3.10. The summed E-state index contributed by atoms with van der Waals surface area (Å²) in [5, 5.41) is 10.1. The highest BCUT2D eigenvalue weighted by molar-refractivity contribution is 5.23. The second-order valence-electron chi connectivity index (χ2n) is 4.62. The first kappa shape index (κ1) is 13.1. The molecule has 1 aromatic carbocycles. The monoisotopic (exact) mass is 229 g/mol. The van der Waals surface area contributed by atoms with Crippen LogP contribution in [-0.4, -0.2) is 29.6 Å². The van der Waals surface area contributed by atoms with Crippen LogP contribution in [0.2, 0.25) is 0 Å². The third-order valence-electron chi connectivity index (χ3n) is 3.07. The molecule has 0 fully saturated rings. The van der Waals surface area contributed by atoms with E-state index in [9.17, 15) is 13.9 Å². The lowest BCUT2D eigenvalue weighted by Crippen LogP contribution is -2.44. The van der Waals surface area contributed by atoms with Gasteiger partial charge in [0, 0.05) is 11.1 Å². The van der Waals surface area contributed by atoms with Crippen molar-refractivity contribution < 1.29 is 13.9 Å². The number of rotatable bonds is 3. The summed E-state index contributed by atoms with van der Waals surface area (Å²) in [4.78, 5) is 1.77. The average molecular weight is 229 g/mol. The zero-order chi connectivity index (χ0) is 12.5. The van der Waals surface area contributed by atoms with Gasteiger partial charge in [-0.1, -0.05) is 0 Å². The van der Waals surface area contributed by atoms with Crippen molar-refractivity contribution in [2.75, 3.05) is 14.1 Å². The highest BCUT2D eigenvalue weighted by Crippen LogP contribution is 2.31. The molecule has 16 heavy (non-hydrogen) atoms. The molecule has 0 saturated heterocycles. The van der Waals surface area contributed by atoms with Gasteiger partial charge in [-0.25, -0.2) is 8.78 Å². The van der Waals surface area contributed by atoms with Gasteiger partial charge in [-0.15, -0.1) is 0 Å². The Hall–Kier alpha value is -1.00. The van der Waals surface area contributed by atoms with E-state index >= 15 is 0 Å². The molecule has 0 aliphatic rings. The van der Waals surface area contributed by atoms with Gasteiger partial charge in [0.05, 0.1) is 6.10 Å². The highest BCUT2D eigenvalue weighted by atomic mass is 19.1. The Kier molecular flexibility index (Phi) is 3.65. The van der Waals surface area contributed by atoms with Crippen LogP contribution in [0, 0.1) is 11.6 Å². The standard InChI is InChI=1S/C12H17F2NO/c1-12(2,15(3)4)11(16)9-7-8(13)5-6-10(9)14/h5-7,11,16H,1-4H3. The van der Waals surface area contributed by atoms with Crippen LogP contribution in [0.4, 0.5) is 8.78 Å². The summed E-state index contributed by atoms with van der Waals surface area (Å²) in [5.41, 5.74) is -0.687. The van der Waals surface area contributed by atoms with Crippen LogP contribution in [0.1, 0.15) is 25.5 Å². The lowest BCUT2D eigenvalue weighted by Gasteiger charge is -2.37. The molecule has 2 nitrogen and oxygen atoms in total. The first-order chi connectivity index (χ1) is 7.26. The molecular weight excluding hydrogens is 212 g/mol. The van der Waals surface area contributed by atoms with Crippen molar-refractivity contribution in [1.29, 1.82) is 0 Å². The first-order valence-corrected chi connectivity index (χ1v) is 5.07. The van der Waals surface area contributed by atoms with E-state index in [-0.39, 0.29) is 5.56 Å². The summed E-state index contributed by atoms with van der Waals surface area (Å²) in [7, 11) is 3.56. The molecule has 0 amide bonds. The minimum absolute atomic E-state index is 0.0151. The van der Waals surface area contributed by atoms with Crippen LogP contribution in [0.3, 0.4) is 0 Å². The molecule has 0 heterocycles. The summed E-state index contributed by atoms with van der Waals surface area (Å²) >= 11 is 0. The molecule has 0 saturated carbocycles. The number of nitrogens with zero attached hydrogens (tertiary/aromatic N) is 1. The zero-order valence-corrected chi connectivity index (χ0v) is 9.96. The Balaban J connectivity index is 3.14. The van der Waals surface area contributed by atoms with E-state index in [4.69, 9.17) is 0 Å². The molecule has 1 atom stereocenters. The molecule has 0 aromatic heterocycles. The molecule has 0 spiro atoms. The smallest absolute Gasteiger partial charge is 0.129 e. The Labute approximate surface area is 94.5 Å². The normalized spacial score (nSPS) is 14.2. The van der Waals surface area contributed by atoms with Crippen molar-refractivity contribution in [3.8, 4) is 0 Å². The van der Waals surface area contributed by atoms with Gasteiger partial charge in [-0.3, -0.25) is 0 Å². The van der Waals surface area contributed by atoms with Gasteiger partial charge in [0.1, 0.15) is 11.6 Å². The third kappa shape index (κ3) is 2.39. The fourth-order valence-corrected chi connectivity index (χ4v) is 1.35. The zero-order valence-electron chi connectivity index (χ0n) is 9.96. The van der Waals surface area contributed by atoms with Crippen molar-refractivity contribution in [1.82, 2.24) is 4.90 Å². The fraction of sp³-hybridized carbons (Fsp3) is 0.500. The van der Waals surface area contributed by atoms with Crippen LogP contribution in [-0.2, 0) is 0 Å². The number of aliphatic hydroxyl groups is 1. The number of benzene rings is 1. The Morgan fingerprint density at radius 1 is 1.25 bits per heavy atom. The van der Waals surface area contributed by atoms with E-state index in [0.29, 0.717) is 0 Å². The van der Waals surface area contributed by atoms with Crippen molar-refractivity contribution in [3.05, 3.63) is 35.4 Å². The predicted molar refractivity (Wildman–Crippen MR) is 59.1 cm³/mol. The molecule has 1 unspecified atom stereocenters. The van der Waals surface area contributed by atoms with Gasteiger partial charge >= 0.3 is 0 Å². The molecular formula is C12H17F2NO. The van der Waals surface area contributed by atoms with E-state index in [0.717, 1.165) is 18.2 Å². The van der Waals surface area contributed by atoms with Crippen molar-refractivity contribution in [2.24, 2.45) is 0 Å². The van der Waals surface area contributed by atoms with Crippen LogP contribution in [0.25, 0.3) is 0 Å². The maximum absolute atomic E-state index is 13.5. The van der Waals surface area contributed by atoms with Crippen LogP contribution in [0.5, 0.6) is 0 Å². The van der Waals surface area contributed by atoms with Gasteiger partial charge in [0.2, 0.25) is 0 Å². The summed E-state index contributed by atoms with van der Waals surface area (Å²) in [5.74, 6) is -1.14. The number of hydrogen-bond acceptors (Lipinski definition) is 2. The van der Waals surface area contributed by atoms with Gasteiger partial charge in [0.25, 0.3) is 0 Å². The van der Waals surface area contributed by atoms with E-state index in [1.165, 1.54) is 0 Å². The minimum Gasteiger partial charge on any atom is -0.386 e. The van der Waals surface area contributed by atoms with Gasteiger partial charge in [0.15, 0.2) is 0 Å². The van der Waals surface area contributed by atoms with E-state index < -0.39 is 23.3 Å². The summed E-state index contributed by atoms with van der Waals surface area (Å²) in [6.45, 7) is 3.53. The Bertz CT molecular complexity index is 377. The molecule has 4 heteroatoms. The maximum Gasteiger partial charge on any atom is 0.129 e. The maximum atomic E-state index is 13.5. The topological polar surface area (TPSA) is 23.5 Å².